The summed E-state index contributed by atoms with van der Waals surface area (Å²) in [6.07, 6.45) is 1.09. The molecule has 1 aliphatic carbocycles. The lowest BCUT2D eigenvalue weighted by Crippen LogP contribution is -2.69. The Morgan fingerprint density at radius 3 is 2.62 bits per heavy atom. The number of esters is 1. The van der Waals surface area contributed by atoms with Crippen LogP contribution in [0.5, 0.6) is 0 Å². The number of allylic oxidation sites excluding steroid dienone is 1. The van der Waals surface area contributed by atoms with Crippen molar-refractivity contribution in [1.29, 1.82) is 0 Å². The molecule has 2 fully saturated rings. The minimum absolute atomic E-state index is 0.0712. The van der Waals surface area contributed by atoms with Crippen LogP contribution in [0.3, 0.4) is 0 Å². The molecule has 58 heavy (non-hydrogen) atoms. The van der Waals surface area contributed by atoms with Crippen molar-refractivity contribution in [2.75, 3.05) is 44.4 Å². The number of rotatable bonds is 12. The van der Waals surface area contributed by atoms with Gasteiger partial charge >= 0.3 is 11.9 Å². The van der Waals surface area contributed by atoms with Gasteiger partial charge in [-0.1, -0.05) is 39.8 Å². The van der Waals surface area contributed by atoms with Crippen LogP contribution in [-0.2, 0) is 33.3 Å². The molecule has 18 nitrogen and oxygen atoms in total. The molecule has 4 aliphatic heterocycles. The zero-order valence-electron chi connectivity index (χ0n) is 32.5. The smallest absolute Gasteiger partial charge is 0.339 e. The molecular weight excluding hydrogens is 801 g/mol. The van der Waals surface area contributed by atoms with Gasteiger partial charge in [-0.25, -0.2) is 9.59 Å². The van der Waals surface area contributed by atoms with Gasteiger partial charge in [0.15, 0.2) is 18.4 Å². The summed E-state index contributed by atoms with van der Waals surface area (Å²) in [5, 5.41) is 75.7. The molecule has 1 saturated heterocycles. The second-order valence-electron chi connectivity index (χ2n) is 14.9. The molecule has 5 aliphatic rings. The van der Waals surface area contributed by atoms with Crippen LogP contribution in [0.4, 0.5) is 0 Å². The van der Waals surface area contributed by atoms with Crippen LogP contribution in [0.25, 0.3) is 0 Å². The van der Waals surface area contributed by atoms with Crippen LogP contribution in [-0.4, -0.2) is 158 Å². The van der Waals surface area contributed by atoms with Crippen molar-refractivity contribution in [1.82, 2.24) is 10.2 Å². The summed E-state index contributed by atoms with van der Waals surface area (Å²) in [5.74, 6) is -5.56. The fourth-order valence-electron chi connectivity index (χ4n) is 7.41. The van der Waals surface area contributed by atoms with Gasteiger partial charge in [0.05, 0.1) is 54.4 Å². The van der Waals surface area contributed by atoms with Crippen LogP contribution in [0.1, 0.15) is 39.5 Å². The van der Waals surface area contributed by atoms with Crippen molar-refractivity contribution < 1.29 is 69.0 Å². The van der Waals surface area contributed by atoms with Crippen LogP contribution in [0.15, 0.2) is 64.7 Å². The van der Waals surface area contributed by atoms with E-state index in [1.807, 2.05) is 0 Å². The highest BCUT2D eigenvalue weighted by molar-refractivity contribution is 8.76. The van der Waals surface area contributed by atoms with E-state index in [1.165, 1.54) is 18.5 Å². The number of nitrogens with zero attached hydrogens (tertiary/aromatic N) is 2. The first-order valence-corrected chi connectivity index (χ1v) is 21.8. The Kier molecular flexibility index (Phi) is 16.5. The summed E-state index contributed by atoms with van der Waals surface area (Å²) in [5.41, 5.74) is 6.64. The van der Waals surface area contributed by atoms with Gasteiger partial charge in [-0.2, -0.15) is 0 Å². The minimum atomic E-state index is -2.92. The van der Waals surface area contributed by atoms with Crippen molar-refractivity contribution in [2.24, 2.45) is 28.5 Å². The summed E-state index contributed by atoms with van der Waals surface area (Å²) in [6.45, 7) is 6.36. The second kappa shape index (κ2) is 20.9. The monoisotopic (exact) mass is 856 g/mol. The number of carboxylic acid groups (broad SMARTS) is 1. The highest BCUT2D eigenvalue weighted by Crippen LogP contribution is 2.41. The molecule has 0 aromatic carbocycles. The van der Waals surface area contributed by atoms with E-state index in [9.17, 15) is 45.3 Å². The van der Waals surface area contributed by atoms with Crippen molar-refractivity contribution in [3.8, 4) is 0 Å². The fourth-order valence-corrected chi connectivity index (χ4v) is 10.2. The molecule has 0 amide bonds. The number of ether oxygens (including phenoxy) is 5. The van der Waals surface area contributed by atoms with Crippen molar-refractivity contribution >= 4 is 39.5 Å². The number of aliphatic carboxylic acids is 1. The van der Waals surface area contributed by atoms with E-state index < -0.39 is 79.2 Å². The number of carbonyl (C=O) groups excluding carboxylic acids is 1. The first kappa shape index (κ1) is 45.9. The summed E-state index contributed by atoms with van der Waals surface area (Å²) < 4.78 is 29.9. The maximum absolute atomic E-state index is 14.1. The van der Waals surface area contributed by atoms with Crippen molar-refractivity contribution in [3.05, 3.63) is 59.7 Å². The summed E-state index contributed by atoms with van der Waals surface area (Å²) >= 11 is 0. The van der Waals surface area contributed by atoms with Crippen molar-refractivity contribution in [3.63, 3.8) is 0 Å². The third kappa shape index (κ3) is 10.8. The van der Waals surface area contributed by atoms with Gasteiger partial charge < -0.3 is 75.4 Å². The molecule has 10 N–H and O–H groups in total. The van der Waals surface area contributed by atoms with Gasteiger partial charge in [0.25, 0.3) is 0 Å². The van der Waals surface area contributed by atoms with Gasteiger partial charge in [0.2, 0.25) is 12.1 Å². The second-order valence-corrected chi connectivity index (χ2v) is 17.5. The van der Waals surface area contributed by atoms with E-state index in [0.29, 0.717) is 29.9 Å². The first-order valence-electron chi connectivity index (χ1n) is 19.3. The maximum atomic E-state index is 14.1. The molecule has 10 atom stereocenters. The predicted molar refractivity (Wildman–Crippen MR) is 213 cm³/mol. The van der Waals surface area contributed by atoms with Crippen LogP contribution in [0.2, 0.25) is 0 Å². The Morgan fingerprint density at radius 1 is 1.19 bits per heavy atom. The number of carbonyl (C=O) groups is 2. The molecule has 5 rings (SSSR count). The topological polar surface area (TPSA) is 276 Å². The van der Waals surface area contributed by atoms with Gasteiger partial charge in [-0.15, -0.1) is 6.58 Å². The predicted octanol–water partition coefficient (Wildman–Crippen LogP) is 0.0631. The van der Waals surface area contributed by atoms with E-state index in [4.69, 9.17) is 29.4 Å². The Hall–Kier alpha value is -3.15. The van der Waals surface area contributed by atoms with Gasteiger partial charge in [-0.3, -0.25) is 4.99 Å². The molecule has 1 saturated carbocycles. The molecule has 0 aromatic heterocycles. The maximum Gasteiger partial charge on any atom is 0.339 e. The fraction of sp³-hybridized carbons (Fsp3) is 0.658. The van der Waals surface area contributed by atoms with Gasteiger partial charge in [0, 0.05) is 49.2 Å². The molecule has 2 bridgehead atoms. The van der Waals surface area contributed by atoms with E-state index in [1.54, 1.807) is 52.5 Å². The lowest BCUT2D eigenvalue weighted by atomic mass is 9.83. The Bertz CT molecular complexity index is 1620. The van der Waals surface area contributed by atoms with Crippen LogP contribution < -0.4 is 11.1 Å². The number of guanidine groups is 1. The lowest BCUT2D eigenvalue weighted by molar-refractivity contribution is -0.413. The standard InChI is InChI=1S/C38H56N4O14S2/c1-4-24-25-10-9-21-13-42(14-26(33(47)48)30(21)41-37(39)40-11-6-12-43)23(15-44)19-58-57-18-22-7-5-8-28(22)54-34(49)27(25)17-52-35(24)56-36-32(53-20(2)3)38(50,51)31(46)29(16-45)55-36/h4,9-10,14,17,20,22-25,28-29,31-32,35-36,43-46,50-51H,1,5-8,11-13,15-16,18-19H2,2-3H3,(H,47,48)(H3,39,40,41). The third-order valence-electron chi connectivity index (χ3n) is 10.5. The van der Waals surface area contributed by atoms with Gasteiger partial charge in [0.1, 0.15) is 18.3 Å². The number of fused-ring (bicyclic) bond motifs is 4. The molecule has 10 unspecified atom stereocenters. The normalized spacial score (nSPS) is 33.4. The Morgan fingerprint density at radius 2 is 1.95 bits per heavy atom. The van der Waals surface area contributed by atoms with E-state index in [-0.39, 0.29) is 61.1 Å². The molecule has 0 aromatic rings. The molecule has 4 heterocycles. The highest BCUT2D eigenvalue weighted by Gasteiger charge is 2.57. The number of aliphatic hydroxyl groups is 6. The average Bonchev–Trinajstić information content (AvgIpc) is 3.63. The number of carboxylic acids is 1. The molecular formula is C38H56N4O14S2. The zero-order valence-corrected chi connectivity index (χ0v) is 34.1. The lowest BCUT2D eigenvalue weighted by Gasteiger charge is -2.48. The Labute approximate surface area is 344 Å². The highest BCUT2D eigenvalue weighted by atomic mass is 33.1. The molecule has 324 valence electrons. The van der Waals surface area contributed by atoms with Crippen molar-refractivity contribution in [2.45, 2.75) is 94.5 Å². The molecule has 20 heteroatoms. The first-order chi connectivity index (χ1) is 27.7. The number of hydrogen-bond donors (Lipinski definition) is 9. The largest absolute Gasteiger partial charge is 0.478 e. The van der Waals surface area contributed by atoms with Crippen LogP contribution >= 0.6 is 21.6 Å². The number of nitrogens with one attached hydrogen (secondary N) is 1. The average molecular weight is 857 g/mol. The third-order valence-corrected chi connectivity index (χ3v) is 13.1. The van der Waals surface area contributed by atoms with Gasteiger partial charge in [-0.05, 0) is 45.1 Å². The number of nitrogens with two attached hydrogens (primary N) is 1. The van der Waals surface area contributed by atoms with E-state index in [0.717, 1.165) is 12.8 Å². The molecule has 0 radical (unpaired) electrons. The zero-order chi connectivity index (χ0) is 42.1. The molecule has 0 spiro atoms. The van der Waals surface area contributed by atoms with E-state index >= 15 is 0 Å². The quantitative estimate of drug-likeness (QED) is 0.0239. The number of aliphatic imine (C=N–C) groups is 1. The summed E-state index contributed by atoms with van der Waals surface area (Å²) in [7, 11) is 3.14. The summed E-state index contributed by atoms with van der Waals surface area (Å²) in [6, 6.07) is -0.474. The van der Waals surface area contributed by atoms with Crippen LogP contribution in [0, 0.1) is 17.8 Å². The number of hydrogen-bond acceptors (Lipinski definition) is 17. The SMILES string of the molecule is C=CC1C(OC2OC(CO)C(O)C(O)(O)C2OC(C)C)OC=C2C(=O)OC3CCCC3CSSCC(CO)N3C=C(C(=O)O)C(NC(N)=NCCCO)=C(C=CC21)C3. The minimum Gasteiger partial charge on any atom is -0.478 e. The number of aliphatic hydroxyl groups excluding tert-OH is 4. The summed E-state index contributed by atoms with van der Waals surface area (Å²) in [4.78, 5) is 32.9. The van der Waals surface area contributed by atoms with E-state index in [2.05, 4.69) is 16.9 Å². The Balaban J connectivity index is 1.60.